The molecule has 0 bridgehead atoms. The van der Waals surface area contributed by atoms with Gasteiger partial charge >= 0.3 is 0 Å². The van der Waals surface area contributed by atoms with Gasteiger partial charge in [0.1, 0.15) is 24.4 Å². The van der Waals surface area contributed by atoms with Crippen LogP contribution in [0.25, 0.3) is 0 Å². The molecular formula is C6H11O6. The first-order chi connectivity index (χ1) is 5.57. The van der Waals surface area contributed by atoms with Crippen LogP contribution >= 0.6 is 0 Å². The maximum absolute atomic E-state index is 9.11. The maximum atomic E-state index is 9.11. The smallest absolute Gasteiger partial charge is 0.254 e. The molecular weight excluding hydrogens is 168 g/mol. The number of hydrogen-bond donors (Lipinski definition) is 5. The van der Waals surface area contributed by atoms with Crippen molar-refractivity contribution in [2.75, 3.05) is 6.61 Å². The number of hydrogen-bond acceptors (Lipinski definition) is 6. The van der Waals surface area contributed by atoms with Crippen LogP contribution in [0.1, 0.15) is 0 Å². The highest BCUT2D eigenvalue weighted by atomic mass is 16.6. The van der Waals surface area contributed by atoms with Crippen LogP contribution in [0.5, 0.6) is 0 Å². The van der Waals surface area contributed by atoms with E-state index in [1.165, 1.54) is 0 Å². The molecule has 0 aromatic heterocycles. The van der Waals surface area contributed by atoms with Crippen molar-refractivity contribution < 1.29 is 30.3 Å². The predicted octanol–water partition coefficient (Wildman–Crippen LogP) is -2.68. The van der Waals surface area contributed by atoms with E-state index in [9.17, 15) is 0 Å². The van der Waals surface area contributed by atoms with Gasteiger partial charge in [-0.3, -0.25) is 0 Å². The minimum absolute atomic E-state index is 0.547. The maximum Gasteiger partial charge on any atom is 0.254 e. The molecule has 0 saturated carbocycles. The van der Waals surface area contributed by atoms with Crippen molar-refractivity contribution in [1.29, 1.82) is 0 Å². The van der Waals surface area contributed by atoms with Crippen molar-refractivity contribution in [3.8, 4) is 0 Å². The summed E-state index contributed by atoms with van der Waals surface area (Å²) in [5.41, 5.74) is 0. The van der Waals surface area contributed by atoms with Crippen LogP contribution in [0.2, 0.25) is 0 Å². The molecule has 5 N–H and O–H groups in total. The molecule has 0 spiro atoms. The highest BCUT2D eigenvalue weighted by Crippen LogP contribution is 2.23. The molecule has 0 amide bonds. The Bertz CT molecular complexity index is 146. The molecule has 4 atom stereocenters. The Hall–Kier alpha value is -0.240. The minimum Gasteiger partial charge on any atom is -0.394 e. The normalized spacial score (nSPS) is 44.8. The average Bonchev–Trinajstić information content (AvgIpc) is 2.08. The molecule has 71 valence electrons. The van der Waals surface area contributed by atoms with Gasteiger partial charge in [-0.1, -0.05) is 0 Å². The van der Waals surface area contributed by atoms with Gasteiger partial charge in [0.05, 0.1) is 6.61 Å². The summed E-state index contributed by atoms with van der Waals surface area (Å²) in [6.45, 7) is -0.547. The lowest BCUT2D eigenvalue weighted by atomic mass is 10.00. The lowest BCUT2D eigenvalue weighted by Gasteiger charge is -2.36. The van der Waals surface area contributed by atoms with Crippen molar-refractivity contribution >= 4 is 0 Å². The third-order valence-corrected chi connectivity index (χ3v) is 1.76. The standard InChI is InChI=1S/C6H11O6/c7-1-2-3(8)4(9)5(10)6(11)12-2/h2-5,7-11H,1H2/t2-,3+,4-,5+/m1/s1. The first-order valence-electron chi connectivity index (χ1n) is 3.45. The lowest BCUT2D eigenvalue weighted by Crippen LogP contribution is -2.55. The third-order valence-electron chi connectivity index (χ3n) is 1.76. The third kappa shape index (κ3) is 1.58. The second-order valence-corrected chi connectivity index (χ2v) is 2.60. The Labute approximate surface area is 68.6 Å². The lowest BCUT2D eigenvalue weighted by molar-refractivity contribution is -0.230. The van der Waals surface area contributed by atoms with Crippen LogP contribution in [0.4, 0.5) is 0 Å². The molecule has 1 saturated heterocycles. The Morgan fingerprint density at radius 3 is 2.25 bits per heavy atom. The Morgan fingerprint density at radius 1 is 1.17 bits per heavy atom. The molecule has 6 heteroatoms. The molecule has 12 heavy (non-hydrogen) atoms. The summed E-state index contributed by atoms with van der Waals surface area (Å²) in [7, 11) is 0. The quantitative estimate of drug-likeness (QED) is 0.300. The topological polar surface area (TPSA) is 110 Å². The summed E-state index contributed by atoms with van der Waals surface area (Å²) in [6.07, 6.45) is -6.44. The molecule has 6 nitrogen and oxygen atoms in total. The highest BCUT2D eigenvalue weighted by Gasteiger charge is 2.43. The summed E-state index contributed by atoms with van der Waals surface area (Å²) in [4.78, 5) is 0. The summed E-state index contributed by atoms with van der Waals surface area (Å²) >= 11 is 0. The fourth-order valence-corrected chi connectivity index (χ4v) is 0.993. The predicted molar refractivity (Wildman–Crippen MR) is 35.2 cm³/mol. The first kappa shape index (κ1) is 9.85. The Morgan fingerprint density at radius 2 is 1.75 bits per heavy atom. The van der Waals surface area contributed by atoms with Crippen LogP contribution in [-0.4, -0.2) is 56.6 Å². The molecule has 1 radical (unpaired) electrons. The number of ether oxygens (including phenoxy) is 1. The fourth-order valence-electron chi connectivity index (χ4n) is 0.993. The minimum atomic E-state index is -1.62. The van der Waals surface area contributed by atoms with E-state index in [1.807, 2.05) is 0 Å². The van der Waals surface area contributed by atoms with E-state index in [1.54, 1.807) is 0 Å². The monoisotopic (exact) mass is 179 g/mol. The van der Waals surface area contributed by atoms with E-state index >= 15 is 0 Å². The number of aliphatic hydroxyl groups is 5. The molecule has 1 aliphatic heterocycles. The van der Waals surface area contributed by atoms with E-state index in [0.29, 0.717) is 0 Å². The number of aliphatic hydroxyl groups excluding tert-OH is 5. The highest BCUT2D eigenvalue weighted by molar-refractivity contribution is 4.95. The van der Waals surface area contributed by atoms with Crippen molar-refractivity contribution in [1.82, 2.24) is 0 Å². The van der Waals surface area contributed by atoms with Crippen molar-refractivity contribution in [3.63, 3.8) is 0 Å². The Balaban J connectivity index is 2.63. The van der Waals surface area contributed by atoms with Crippen LogP contribution in [0.3, 0.4) is 0 Å². The van der Waals surface area contributed by atoms with Gasteiger partial charge < -0.3 is 30.3 Å². The van der Waals surface area contributed by atoms with Gasteiger partial charge in [0.15, 0.2) is 0 Å². The van der Waals surface area contributed by atoms with E-state index in [-0.39, 0.29) is 0 Å². The average molecular weight is 179 g/mol. The molecule has 0 aromatic carbocycles. The summed E-state index contributed by atoms with van der Waals surface area (Å²) < 4.78 is 4.49. The zero-order chi connectivity index (χ0) is 9.30. The van der Waals surface area contributed by atoms with Gasteiger partial charge in [-0.05, 0) is 0 Å². The van der Waals surface area contributed by atoms with E-state index in [4.69, 9.17) is 25.5 Å². The van der Waals surface area contributed by atoms with Crippen molar-refractivity contribution in [2.24, 2.45) is 0 Å². The van der Waals surface area contributed by atoms with E-state index in [2.05, 4.69) is 4.74 Å². The largest absolute Gasteiger partial charge is 0.394 e. The van der Waals surface area contributed by atoms with Gasteiger partial charge in [0, 0.05) is 0 Å². The second-order valence-electron chi connectivity index (χ2n) is 2.60. The van der Waals surface area contributed by atoms with E-state index < -0.39 is 37.3 Å². The van der Waals surface area contributed by atoms with Gasteiger partial charge in [-0.2, -0.15) is 0 Å². The zero-order valence-corrected chi connectivity index (χ0v) is 6.16. The van der Waals surface area contributed by atoms with Crippen LogP contribution in [0.15, 0.2) is 0 Å². The Kier molecular flexibility index (Phi) is 2.99. The van der Waals surface area contributed by atoms with Crippen LogP contribution < -0.4 is 0 Å². The molecule has 0 aliphatic carbocycles. The molecule has 1 fully saturated rings. The summed E-state index contributed by atoms with van der Waals surface area (Å²) in [6, 6.07) is 0. The van der Waals surface area contributed by atoms with Crippen LogP contribution in [0, 0.1) is 6.29 Å². The van der Waals surface area contributed by atoms with Crippen LogP contribution in [-0.2, 0) is 4.74 Å². The van der Waals surface area contributed by atoms with Gasteiger partial charge in [-0.25, -0.2) is 0 Å². The second kappa shape index (κ2) is 3.65. The van der Waals surface area contributed by atoms with E-state index in [0.717, 1.165) is 0 Å². The summed E-state index contributed by atoms with van der Waals surface area (Å²) in [5.74, 6) is 0. The van der Waals surface area contributed by atoms with Crippen molar-refractivity contribution in [3.05, 3.63) is 6.29 Å². The molecule has 1 aliphatic rings. The van der Waals surface area contributed by atoms with Gasteiger partial charge in [0.25, 0.3) is 6.29 Å². The summed E-state index contributed by atoms with van der Waals surface area (Å²) in [5, 5.41) is 44.5. The first-order valence-corrected chi connectivity index (χ1v) is 3.45. The molecule has 0 unspecified atom stereocenters. The molecule has 1 heterocycles. The fraction of sp³-hybridized carbons (Fsp3) is 0.833. The number of rotatable bonds is 1. The van der Waals surface area contributed by atoms with Gasteiger partial charge in [-0.15, -0.1) is 0 Å². The molecule has 0 aromatic rings. The van der Waals surface area contributed by atoms with Crippen molar-refractivity contribution in [2.45, 2.75) is 24.4 Å². The zero-order valence-electron chi connectivity index (χ0n) is 6.16. The molecule has 1 rings (SSSR count). The SMILES string of the molecule is OC[C@H]1O[C](O)[C@@H](O)[C@H](O)[C@H]1O. The van der Waals surface area contributed by atoms with Gasteiger partial charge in [0.2, 0.25) is 0 Å².